The number of amides is 1. The zero-order valence-electron chi connectivity index (χ0n) is 19.3. The van der Waals surface area contributed by atoms with Gasteiger partial charge in [-0.25, -0.2) is 0 Å². The van der Waals surface area contributed by atoms with Crippen molar-refractivity contribution in [3.05, 3.63) is 78.4 Å². The van der Waals surface area contributed by atoms with Crippen LogP contribution in [0, 0.1) is 6.92 Å². The lowest BCUT2D eigenvalue weighted by atomic mass is 10.0. The molecule has 0 spiro atoms. The Hall–Kier alpha value is -3.93. The molecule has 1 aromatic heterocycles. The number of nitrogens with one attached hydrogen (secondary N) is 1. The summed E-state index contributed by atoms with van der Waals surface area (Å²) in [7, 11) is 0. The number of benzene rings is 3. The van der Waals surface area contributed by atoms with Gasteiger partial charge in [0.1, 0.15) is 11.4 Å². The van der Waals surface area contributed by atoms with Gasteiger partial charge in [-0.05, 0) is 68.1 Å². The lowest BCUT2D eigenvalue weighted by Crippen LogP contribution is -2.38. The number of anilines is 2. The molecule has 1 fully saturated rings. The lowest BCUT2D eigenvalue weighted by Gasteiger charge is -2.26. The second-order valence-corrected chi connectivity index (χ2v) is 8.69. The summed E-state index contributed by atoms with van der Waals surface area (Å²) in [5, 5.41) is 14.5. The number of likely N-dealkylation sites (tertiary alicyclic amines) is 1. The van der Waals surface area contributed by atoms with Gasteiger partial charge < -0.3 is 15.0 Å². The van der Waals surface area contributed by atoms with E-state index in [0.717, 1.165) is 59.5 Å². The number of aromatic nitrogens is 2. The van der Waals surface area contributed by atoms with Gasteiger partial charge in [0, 0.05) is 35.1 Å². The normalized spacial score (nSPS) is 13.6. The summed E-state index contributed by atoms with van der Waals surface area (Å²) in [4.78, 5) is 14.3. The van der Waals surface area contributed by atoms with Gasteiger partial charge in [0.2, 0.25) is 0 Å². The van der Waals surface area contributed by atoms with Crippen molar-refractivity contribution in [2.75, 3.05) is 25.0 Å². The number of nitrogens with zero attached hydrogens (tertiary/aromatic N) is 3. The van der Waals surface area contributed by atoms with E-state index in [4.69, 9.17) is 4.74 Å². The van der Waals surface area contributed by atoms with E-state index in [9.17, 15) is 4.79 Å². The minimum atomic E-state index is 0.0531. The first-order chi connectivity index (χ1) is 16.7. The Labute approximate surface area is 199 Å². The fourth-order valence-corrected chi connectivity index (χ4v) is 4.36. The molecule has 0 atom stereocenters. The quantitative estimate of drug-likeness (QED) is 0.404. The number of hydrogen-bond donors (Lipinski definition) is 1. The standard InChI is InChI=1S/C28H28N4O2/c1-20-8-7-9-22(18-20)29-28-25-11-4-3-10-24(25)27(30-31-28)21-12-14-23(15-13-21)34-19-26(33)32-16-5-2-6-17-32/h3-4,7-15,18H,2,5-6,16-17,19H2,1H3,(H,29,31). The summed E-state index contributed by atoms with van der Waals surface area (Å²) in [6.45, 7) is 3.81. The molecule has 0 bridgehead atoms. The van der Waals surface area contributed by atoms with Crippen molar-refractivity contribution in [3.8, 4) is 17.0 Å². The first-order valence-electron chi connectivity index (χ1n) is 11.8. The van der Waals surface area contributed by atoms with Crippen molar-refractivity contribution in [2.45, 2.75) is 26.2 Å². The molecule has 0 radical (unpaired) electrons. The maximum Gasteiger partial charge on any atom is 0.260 e. The zero-order chi connectivity index (χ0) is 23.3. The second-order valence-electron chi connectivity index (χ2n) is 8.69. The highest BCUT2D eigenvalue weighted by atomic mass is 16.5. The van der Waals surface area contributed by atoms with Gasteiger partial charge in [-0.15, -0.1) is 10.2 Å². The van der Waals surface area contributed by atoms with Crippen LogP contribution in [-0.4, -0.2) is 40.7 Å². The van der Waals surface area contributed by atoms with Crippen LogP contribution >= 0.6 is 0 Å². The van der Waals surface area contributed by atoms with Gasteiger partial charge in [-0.1, -0.05) is 36.4 Å². The molecule has 1 aliphatic rings. The molecule has 5 rings (SSSR count). The Morgan fingerprint density at radius 3 is 2.44 bits per heavy atom. The average Bonchev–Trinajstić information content (AvgIpc) is 2.88. The molecule has 1 amide bonds. The first-order valence-corrected chi connectivity index (χ1v) is 11.8. The summed E-state index contributed by atoms with van der Waals surface area (Å²) in [5.41, 5.74) is 3.91. The van der Waals surface area contributed by atoms with Crippen molar-refractivity contribution in [1.82, 2.24) is 15.1 Å². The Kier molecular flexibility index (Phi) is 6.38. The van der Waals surface area contributed by atoms with Crippen LogP contribution in [0.25, 0.3) is 22.0 Å². The molecule has 1 saturated heterocycles. The van der Waals surface area contributed by atoms with Crippen LogP contribution in [0.5, 0.6) is 5.75 Å². The molecule has 4 aromatic rings. The third-order valence-electron chi connectivity index (χ3n) is 6.17. The van der Waals surface area contributed by atoms with Gasteiger partial charge in [0.15, 0.2) is 12.4 Å². The van der Waals surface area contributed by atoms with E-state index in [2.05, 4.69) is 46.7 Å². The first kappa shape index (κ1) is 21.9. The van der Waals surface area contributed by atoms with E-state index >= 15 is 0 Å². The summed E-state index contributed by atoms with van der Waals surface area (Å²) >= 11 is 0. The van der Waals surface area contributed by atoms with Gasteiger partial charge in [-0.2, -0.15) is 0 Å². The largest absolute Gasteiger partial charge is 0.484 e. The number of carbonyl (C=O) groups excluding carboxylic acids is 1. The summed E-state index contributed by atoms with van der Waals surface area (Å²) in [5.74, 6) is 1.45. The van der Waals surface area contributed by atoms with Gasteiger partial charge in [-0.3, -0.25) is 4.79 Å². The second kappa shape index (κ2) is 9.91. The molecule has 172 valence electrons. The molecule has 0 unspecified atom stereocenters. The molecule has 3 aromatic carbocycles. The van der Waals surface area contributed by atoms with Gasteiger partial charge in [0.25, 0.3) is 5.91 Å². The van der Waals surface area contributed by atoms with Crippen LogP contribution in [0.1, 0.15) is 24.8 Å². The highest BCUT2D eigenvalue weighted by Gasteiger charge is 2.17. The Bertz CT molecular complexity index is 1300. The summed E-state index contributed by atoms with van der Waals surface area (Å²) in [6.07, 6.45) is 3.36. The predicted molar refractivity (Wildman–Crippen MR) is 135 cm³/mol. The number of rotatable bonds is 6. The minimum absolute atomic E-state index is 0.0531. The van der Waals surface area contributed by atoms with E-state index in [-0.39, 0.29) is 12.5 Å². The number of ether oxygens (including phenoxy) is 1. The maximum atomic E-state index is 12.4. The number of aryl methyl sites for hydroxylation is 1. The van der Waals surface area contributed by atoms with Crippen molar-refractivity contribution in [1.29, 1.82) is 0 Å². The van der Waals surface area contributed by atoms with Gasteiger partial charge in [0.05, 0.1) is 0 Å². The van der Waals surface area contributed by atoms with Crippen LogP contribution in [-0.2, 0) is 4.79 Å². The molecule has 0 aliphatic carbocycles. The average molecular weight is 453 g/mol. The molecular weight excluding hydrogens is 424 g/mol. The molecule has 6 nitrogen and oxygen atoms in total. The van der Waals surface area contributed by atoms with Crippen LogP contribution in [0.15, 0.2) is 72.8 Å². The Morgan fingerprint density at radius 2 is 1.68 bits per heavy atom. The van der Waals surface area contributed by atoms with Crippen LogP contribution in [0.4, 0.5) is 11.5 Å². The van der Waals surface area contributed by atoms with E-state index < -0.39 is 0 Å². The predicted octanol–water partition coefficient (Wildman–Crippen LogP) is 5.74. The highest BCUT2D eigenvalue weighted by molar-refractivity contribution is 6.00. The van der Waals surface area contributed by atoms with E-state index in [0.29, 0.717) is 5.75 Å². The van der Waals surface area contributed by atoms with Crippen molar-refractivity contribution < 1.29 is 9.53 Å². The topological polar surface area (TPSA) is 67.4 Å². The molecular formula is C28H28N4O2. The van der Waals surface area contributed by atoms with E-state index in [1.54, 1.807) is 0 Å². The van der Waals surface area contributed by atoms with Gasteiger partial charge >= 0.3 is 0 Å². The zero-order valence-corrected chi connectivity index (χ0v) is 19.3. The smallest absolute Gasteiger partial charge is 0.260 e. The fraction of sp³-hybridized carbons (Fsp3) is 0.250. The molecule has 1 aliphatic heterocycles. The monoisotopic (exact) mass is 452 g/mol. The third-order valence-corrected chi connectivity index (χ3v) is 6.17. The molecule has 34 heavy (non-hydrogen) atoms. The summed E-state index contributed by atoms with van der Waals surface area (Å²) in [6, 6.07) is 24.0. The van der Waals surface area contributed by atoms with Crippen molar-refractivity contribution in [2.24, 2.45) is 0 Å². The Morgan fingerprint density at radius 1 is 0.912 bits per heavy atom. The minimum Gasteiger partial charge on any atom is -0.484 e. The fourth-order valence-electron chi connectivity index (χ4n) is 4.36. The van der Waals surface area contributed by atoms with E-state index in [1.807, 2.05) is 53.4 Å². The Balaban J connectivity index is 1.34. The molecule has 2 heterocycles. The highest BCUT2D eigenvalue weighted by Crippen LogP contribution is 2.32. The SMILES string of the molecule is Cc1cccc(Nc2nnc(-c3ccc(OCC(=O)N4CCCCC4)cc3)c3ccccc23)c1. The van der Waals surface area contributed by atoms with Crippen LogP contribution < -0.4 is 10.1 Å². The number of carbonyl (C=O) groups is 1. The summed E-state index contributed by atoms with van der Waals surface area (Å²) < 4.78 is 5.76. The maximum absolute atomic E-state index is 12.4. The molecule has 6 heteroatoms. The number of fused-ring (bicyclic) bond motifs is 1. The van der Waals surface area contributed by atoms with Crippen LogP contribution in [0.2, 0.25) is 0 Å². The van der Waals surface area contributed by atoms with Crippen LogP contribution in [0.3, 0.4) is 0 Å². The lowest BCUT2D eigenvalue weighted by molar-refractivity contribution is -0.134. The van der Waals surface area contributed by atoms with Crippen molar-refractivity contribution >= 4 is 28.2 Å². The number of hydrogen-bond acceptors (Lipinski definition) is 5. The van der Waals surface area contributed by atoms with Crippen molar-refractivity contribution in [3.63, 3.8) is 0 Å². The van der Waals surface area contributed by atoms with E-state index in [1.165, 1.54) is 12.0 Å². The number of piperidine rings is 1. The molecule has 0 saturated carbocycles. The molecule has 1 N–H and O–H groups in total. The third kappa shape index (κ3) is 4.86.